The number of amides is 6. The van der Waals surface area contributed by atoms with E-state index in [-0.39, 0.29) is 18.5 Å². The lowest BCUT2D eigenvalue weighted by molar-refractivity contribution is -0.133. The second-order valence-electron chi connectivity index (χ2n) is 7.59. The van der Waals surface area contributed by atoms with Gasteiger partial charge in [-0.1, -0.05) is 13.8 Å². The average Bonchev–Trinajstić information content (AvgIpc) is 2.79. The summed E-state index contributed by atoms with van der Waals surface area (Å²) in [5, 5.41) is 0. The highest BCUT2D eigenvalue weighted by Gasteiger charge is 2.56. The van der Waals surface area contributed by atoms with Crippen molar-refractivity contribution in [2.45, 2.75) is 65.5 Å². The van der Waals surface area contributed by atoms with Crippen LogP contribution in [0, 0.1) is 0 Å². The molecule has 2 saturated heterocycles. The monoisotopic (exact) mass is 352 g/mol. The van der Waals surface area contributed by atoms with Crippen LogP contribution < -0.4 is 0 Å². The van der Waals surface area contributed by atoms with Crippen molar-refractivity contribution >= 4 is 23.9 Å². The summed E-state index contributed by atoms with van der Waals surface area (Å²) in [6.07, 6.45) is 1.33. The van der Waals surface area contributed by atoms with Gasteiger partial charge < -0.3 is 0 Å². The Morgan fingerprint density at radius 3 is 1.28 bits per heavy atom. The van der Waals surface area contributed by atoms with Gasteiger partial charge in [0.2, 0.25) is 0 Å². The molecule has 2 fully saturated rings. The molecule has 0 N–H and O–H groups in total. The molecule has 0 saturated carbocycles. The molecule has 0 spiro atoms. The molecule has 0 aromatic carbocycles. The fourth-order valence-corrected chi connectivity index (χ4v) is 3.29. The number of urea groups is 2. The van der Waals surface area contributed by atoms with Crippen LogP contribution in [0.2, 0.25) is 0 Å². The molecule has 2 heterocycles. The summed E-state index contributed by atoms with van der Waals surface area (Å²) >= 11 is 0. The van der Waals surface area contributed by atoms with Crippen LogP contribution in [-0.2, 0) is 9.59 Å². The first-order valence-electron chi connectivity index (χ1n) is 8.78. The third-order valence-corrected chi connectivity index (χ3v) is 4.99. The van der Waals surface area contributed by atoms with Gasteiger partial charge in [0.1, 0.15) is 17.7 Å². The highest BCUT2D eigenvalue weighted by atomic mass is 16.2. The second-order valence-corrected chi connectivity index (χ2v) is 7.59. The topological polar surface area (TPSA) is 81.2 Å². The zero-order valence-electron chi connectivity index (χ0n) is 16.0. The van der Waals surface area contributed by atoms with Gasteiger partial charge in [0.15, 0.2) is 0 Å². The van der Waals surface area contributed by atoms with E-state index in [0.717, 1.165) is 0 Å². The Hall–Kier alpha value is -2.12. The Bertz CT molecular complexity index is 562. The number of hydrogen-bond acceptors (Lipinski definition) is 4. The van der Waals surface area contributed by atoms with Gasteiger partial charge in [-0.15, -0.1) is 0 Å². The first kappa shape index (κ1) is 19.2. The summed E-state index contributed by atoms with van der Waals surface area (Å²) in [4.78, 5) is 55.8. The normalized spacial score (nSPS) is 22.6. The molecule has 25 heavy (non-hydrogen) atoms. The number of hydrogen-bond donors (Lipinski definition) is 0. The molecule has 0 aromatic rings. The number of nitrogens with zero attached hydrogens (tertiary/aromatic N) is 4. The summed E-state index contributed by atoms with van der Waals surface area (Å²) < 4.78 is 0. The summed E-state index contributed by atoms with van der Waals surface area (Å²) in [5.74, 6) is -0.555. The number of carbonyl (C=O) groups is 4. The first-order chi connectivity index (χ1) is 11.5. The number of rotatable bonds is 6. The smallest absolute Gasteiger partial charge is 0.292 e. The van der Waals surface area contributed by atoms with Crippen LogP contribution >= 0.6 is 0 Å². The number of imide groups is 2. The fourth-order valence-electron chi connectivity index (χ4n) is 3.29. The minimum Gasteiger partial charge on any atom is -0.292 e. The Balaban J connectivity index is 2.31. The summed E-state index contributed by atoms with van der Waals surface area (Å²) in [6, 6.07) is -0.830. The van der Waals surface area contributed by atoms with Crippen molar-refractivity contribution in [1.29, 1.82) is 0 Å². The minimum absolute atomic E-state index is 0.0877. The molecule has 140 valence electrons. The van der Waals surface area contributed by atoms with Crippen molar-refractivity contribution in [3.8, 4) is 0 Å². The van der Waals surface area contributed by atoms with Crippen molar-refractivity contribution in [2.24, 2.45) is 0 Å². The van der Waals surface area contributed by atoms with E-state index in [9.17, 15) is 19.2 Å². The van der Waals surface area contributed by atoms with E-state index in [0.29, 0.717) is 25.9 Å². The van der Waals surface area contributed by atoms with E-state index in [4.69, 9.17) is 0 Å². The van der Waals surface area contributed by atoms with Crippen LogP contribution in [-0.4, -0.2) is 74.3 Å². The molecule has 0 aliphatic carbocycles. The maximum absolute atomic E-state index is 12.7. The molecular weight excluding hydrogens is 324 g/mol. The quantitative estimate of drug-likeness (QED) is 0.683. The Morgan fingerprint density at radius 2 is 1.00 bits per heavy atom. The molecule has 0 atom stereocenters. The van der Waals surface area contributed by atoms with Gasteiger partial charge in [-0.25, -0.2) is 9.59 Å². The van der Waals surface area contributed by atoms with Gasteiger partial charge in [0, 0.05) is 13.1 Å². The molecule has 8 nitrogen and oxygen atoms in total. The largest absolute Gasteiger partial charge is 0.329 e. The van der Waals surface area contributed by atoms with Crippen LogP contribution in [0.5, 0.6) is 0 Å². The lowest BCUT2D eigenvalue weighted by Gasteiger charge is -2.36. The van der Waals surface area contributed by atoms with Crippen molar-refractivity contribution in [2.75, 3.05) is 19.8 Å². The third-order valence-electron chi connectivity index (χ3n) is 4.99. The van der Waals surface area contributed by atoms with E-state index in [2.05, 4.69) is 0 Å². The molecular formula is C17H28N4O4. The van der Waals surface area contributed by atoms with E-state index < -0.39 is 23.1 Å². The Morgan fingerprint density at radius 1 is 0.680 bits per heavy atom. The maximum atomic E-state index is 12.7. The zero-order valence-corrected chi connectivity index (χ0v) is 16.0. The van der Waals surface area contributed by atoms with E-state index in [1.54, 1.807) is 27.7 Å². The molecule has 0 unspecified atom stereocenters. The SMILES string of the molecule is CCCN1C(=O)N(CN2C(=O)N(CCC)C(=O)C2(C)C)C(C)(C)C1=O. The van der Waals surface area contributed by atoms with Crippen molar-refractivity contribution in [1.82, 2.24) is 19.6 Å². The highest BCUT2D eigenvalue weighted by molar-refractivity contribution is 6.08. The molecule has 2 rings (SSSR count). The predicted octanol–water partition coefficient (Wildman–Crippen LogP) is 1.85. The molecule has 6 amide bonds. The maximum Gasteiger partial charge on any atom is 0.329 e. The van der Waals surface area contributed by atoms with Crippen LogP contribution in [0.15, 0.2) is 0 Å². The van der Waals surface area contributed by atoms with Gasteiger partial charge in [-0.05, 0) is 40.5 Å². The summed E-state index contributed by atoms with van der Waals surface area (Å²) in [7, 11) is 0. The van der Waals surface area contributed by atoms with Crippen LogP contribution in [0.25, 0.3) is 0 Å². The van der Waals surface area contributed by atoms with Gasteiger partial charge in [0.25, 0.3) is 11.8 Å². The van der Waals surface area contributed by atoms with Crippen molar-refractivity contribution in [3.05, 3.63) is 0 Å². The number of carbonyl (C=O) groups excluding carboxylic acids is 4. The van der Waals surface area contributed by atoms with Crippen LogP contribution in [0.1, 0.15) is 54.4 Å². The van der Waals surface area contributed by atoms with Gasteiger partial charge >= 0.3 is 12.1 Å². The summed E-state index contributed by atoms with van der Waals surface area (Å²) in [5.41, 5.74) is -2.10. The highest BCUT2D eigenvalue weighted by Crippen LogP contribution is 2.33. The lowest BCUT2D eigenvalue weighted by atomic mass is 10.0. The fraction of sp³-hybridized carbons (Fsp3) is 0.765. The lowest BCUT2D eigenvalue weighted by Crippen LogP contribution is -2.55. The van der Waals surface area contributed by atoms with Crippen LogP contribution in [0.3, 0.4) is 0 Å². The third kappa shape index (κ3) is 2.77. The predicted molar refractivity (Wildman–Crippen MR) is 91.5 cm³/mol. The van der Waals surface area contributed by atoms with Crippen molar-refractivity contribution in [3.63, 3.8) is 0 Å². The van der Waals surface area contributed by atoms with Gasteiger partial charge in [-0.3, -0.25) is 29.2 Å². The van der Waals surface area contributed by atoms with E-state index in [1.807, 2.05) is 13.8 Å². The molecule has 2 aliphatic rings. The zero-order chi connectivity index (χ0) is 19.2. The van der Waals surface area contributed by atoms with Gasteiger partial charge in [0.05, 0.1) is 0 Å². The molecule has 0 aromatic heterocycles. The molecule has 0 radical (unpaired) electrons. The van der Waals surface area contributed by atoms with Gasteiger partial charge in [-0.2, -0.15) is 0 Å². The average molecular weight is 352 g/mol. The standard InChI is InChI=1S/C17H28N4O4/c1-7-9-18-12(22)16(3,4)20(14(18)24)11-21-15(25)19(10-8-2)13(23)17(21,5)6/h7-11H2,1-6H3. The van der Waals surface area contributed by atoms with Crippen LogP contribution in [0.4, 0.5) is 9.59 Å². The van der Waals surface area contributed by atoms with E-state index in [1.165, 1.54) is 19.6 Å². The summed E-state index contributed by atoms with van der Waals surface area (Å²) in [6.45, 7) is 11.1. The molecule has 2 aliphatic heterocycles. The Kier molecular flexibility index (Phi) is 4.85. The van der Waals surface area contributed by atoms with E-state index >= 15 is 0 Å². The minimum atomic E-state index is -1.05. The first-order valence-corrected chi connectivity index (χ1v) is 8.78. The Labute approximate surface area is 148 Å². The second kappa shape index (κ2) is 6.31. The molecule has 0 bridgehead atoms. The van der Waals surface area contributed by atoms with Crippen molar-refractivity contribution < 1.29 is 19.2 Å². The molecule has 8 heteroatoms.